The zero-order valence-electron chi connectivity index (χ0n) is 11.2. The first-order chi connectivity index (χ1) is 9.75. The number of hydrogen-bond donors (Lipinski definition) is 1. The fourth-order valence-electron chi connectivity index (χ4n) is 2.53. The summed E-state index contributed by atoms with van der Waals surface area (Å²) in [4.78, 5) is 28.0. The number of anilines is 1. The Kier molecular flexibility index (Phi) is 3.82. The molecule has 0 aromatic heterocycles. The Morgan fingerprint density at radius 3 is 2.85 bits per heavy atom. The quantitative estimate of drug-likeness (QED) is 0.858. The molecule has 0 atom stereocenters. The molecule has 2 heterocycles. The number of rotatable bonds is 3. The Morgan fingerprint density at radius 1 is 1.20 bits per heavy atom. The van der Waals surface area contributed by atoms with E-state index < -0.39 is 0 Å². The average molecular weight is 291 g/mol. The molecule has 1 aromatic carbocycles. The number of nitrogens with one attached hydrogen (secondary N) is 1. The molecule has 0 saturated carbocycles. The smallest absolute Gasteiger partial charge is 0.324 e. The van der Waals surface area contributed by atoms with Gasteiger partial charge in [0.2, 0.25) is 5.91 Å². The van der Waals surface area contributed by atoms with Crippen molar-refractivity contribution < 1.29 is 9.59 Å². The van der Waals surface area contributed by atoms with Crippen LogP contribution < -0.4 is 10.2 Å². The van der Waals surface area contributed by atoms with E-state index >= 15 is 0 Å². The second-order valence-corrected chi connectivity index (χ2v) is 6.00. The fraction of sp³-hybridized carbons (Fsp3) is 0.429. The van der Waals surface area contributed by atoms with Gasteiger partial charge < -0.3 is 10.2 Å². The number of imide groups is 1. The Hall–Kier alpha value is -1.69. The van der Waals surface area contributed by atoms with Crippen molar-refractivity contribution in [3.8, 4) is 0 Å². The minimum atomic E-state index is -0.271. The zero-order valence-corrected chi connectivity index (χ0v) is 12.0. The highest BCUT2D eigenvalue weighted by Crippen LogP contribution is 2.33. The van der Waals surface area contributed by atoms with Crippen molar-refractivity contribution in [2.24, 2.45) is 0 Å². The maximum Gasteiger partial charge on any atom is 0.324 e. The van der Waals surface area contributed by atoms with Gasteiger partial charge in [0.1, 0.15) is 0 Å². The lowest BCUT2D eigenvalue weighted by molar-refractivity contribution is -0.124. The summed E-state index contributed by atoms with van der Waals surface area (Å²) in [6.07, 6.45) is 1.11. The number of fused-ring (bicyclic) bond motifs is 1. The van der Waals surface area contributed by atoms with Crippen LogP contribution in [-0.2, 0) is 4.79 Å². The number of carbonyl (C=O) groups is 2. The first kappa shape index (κ1) is 13.3. The number of benzene rings is 1. The van der Waals surface area contributed by atoms with Gasteiger partial charge in [-0.3, -0.25) is 9.69 Å². The molecule has 5 nitrogen and oxygen atoms in total. The fourth-order valence-corrected chi connectivity index (χ4v) is 3.55. The molecule has 0 radical (unpaired) electrons. The van der Waals surface area contributed by atoms with Crippen LogP contribution in [0.1, 0.15) is 6.42 Å². The van der Waals surface area contributed by atoms with E-state index in [-0.39, 0.29) is 18.5 Å². The molecule has 3 rings (SSSR count). The minimum Gasteiger partial charge on any atom is -0.369 e. The van der Waals surface area contributed by atoms with Gasteiger partial charge in [-0.2, -0.15) is 0 Å². The third kappa shape index (κ3) is 2.60. The number of carbonyl (C=O) groups excluding carboxylic acids is 2. The summed E-state index contributed by atoms with van der Waals surface area (Å²) < 4.78 is 0. The molecule has 0 unspecified atom stereocenters. The largest absolute Gasteiger partial charge is 0.369 e. The molecule has 1 fully saturated rings. The lowest BCUT2D eigenvalue weighted by Crippen LogP contribution is -2.39. The summed E-state index contributed by atoms with van der Waals surface area (Å²) in [6.45, 7) is 2.24. The number of nitrogens with zero attached hydrogens (tertiary/aromatic N) is 2. The van der Waals surface area contributed by atoms with Crippen molar-refractivity contribution in [1.29, 1.82) is 0 Å². The van der Waals surface area contributed by atoms with Crippen molar-refractivity contribution in [2.45, 2.75) is 11.3 Å². The van der Waals surface area contributed by atoms with Gasteiger partial charge in [0.05, 0.1) is 12.2 Å². The number of hydrogen-bond acceptors (Lipinski definition) is 4. The van der Waals surface area contributed by atoms with E-state index in [9.17, 15) is 9.59 Å². The van der Waals surface area contributed by atoms with Crippen LogP contribution in [0.15, 0.2) is 29.2 Å². The van der Waals surface area contributed by atoms with Crippen LogP contribution in [0.5, 0.6) is 0 Å². The number of urea groups is 1. The molecular formula is C14H17N3O2S. The van der Waals surface area contributed by atoms with Crippen molar-refractivity contribution in [2.75, 3.05) is 36.8 Å². The second kappa shape index (κ2) is 5.75. The first-order valence-electron chi connectivity index (χ1n) is 6.81. The molecule has 0 aliphatic carbocycles. The van der Waals surface area contributed by atoms with Gasteiger partial charge in [0.25, 0.3) is 0 Å². The average Bonchev–Trinajstić information content (AvgIpc) is 2.67. The van der Waals surface area contributed by atoms with Crippen LogP contribution in [0.4, 0.5) is 10.5 Å². The van der Waals surface area contributed by atoms with Gasteiger partial charge >= 0.3 is 6.03 Å². The van der Waals surface area contributed by atoms with E-state index in [0.29, 0.717) is 13.1 Å². The van der Waals surface area contributed by atoms with Crippen LogP contribution >= 0.6 is 11.8 Å². The molecule has 106 valence electrons. The lowest BCUT2D eigenvalue weighted by Gasteiger charge is -2.26. The van der Waals surface area contributed by atoms with Gasteiger partial charge in [-0.05, 0) is 24.3 Å². The summed E-state index contributed by atoms with van der Waals surface area (Å²) >= 11 is 1.87. The summed E-state index contributed by atoms with van der Waals surface area (Å²) in [5, 5.41) is 2.55. The van der Waals surface area contributed by atoms with E-state index in [2.05, 4.69) is 22.3 Å². The van der Waals surface area contributed by atoms with E-state index in [1.54, 1.807) is 0 Å². The van der Waals surface area contributed by atoms with Crippen LogP contribution in [0.3, 0.4) is 0 Å². The molecule has 1 saturated heterocycles. The SMILES string of the molecule is O=C1CNC(=O)N1CCN1CCCSc2ccccc21. The highest BCUT2D eigenvalue weighted by Gasteiger charge is 2.28. The maximum absolute atomic E-state index is 11.6. The molecule has 3 amide bonds. The van der Waals surface area contributed by atoms with Gasteiger partial charge in [-0.15, -0.1) is 11.8 Å². The number of amides is 3. The summed E-state index contributed by atoms with van der Waals surface area (Å²) in [7, 11) is 0. The molecule has 20 heavy (non-hydrogen) atoms. The molecule has 6 heteroatoms. The Bertz CT molecular complexity index is 519. The normalized spacial score (nSPS) is 18.8. The Labute approximate surface area is 122 Å². The van der Waals surface area contributed by atoms with Gasteiger partial charge in [-0.1, -0.05) is 12.1 Å². The zero-order chi connectivity index (χ0) is 13.9. The highest BCUT2D eigenvalue weighted by molar-refractivity contribution is 7.99. The van der Waals surface area contributed by atoms with Crippen LogP contribution in [0.2, 0.25) is 0 Å². The Balaban J connectivity index is 1.71. The summed E-state index contributed by atoms with van der Waals surface area (Å²) in [5.41, 5.74) is 1.21. The van der Waals surface area contributed by atoms with Crippen molar-refractivity contribution in [3.05, 3.63) is 24.3 Å². The standard InChI is InChI=1S/C14H17N3O2S/c18-13-10-15-14(19)17(13)8-7-16-6-3-9-20-12-5-2-1-4-11(12)16/h1-2,4-5H,3,6-10H2,(H,15,19). The monoisotopic (exact) mass is 291 g/mol. The van der Waals surface area contributed by atoms with Crippen molar-refractivity contribution in [3.63, 3.8) is 0 Å². The second-order valence-electron chi connectivity index (χ2n) is 4.86. The molecule has 0 spiro atoms. The molecule has 2 aliphatic rings. The first-order valence-corrected chi connectivity index (χ1v) is 7.79. The van der Waals surface area contributed by atoms with Crippen LogP contribution in [0.25, 0.3) is 0 Å². The lowest BCUT2D eigenvalue weighted by atomic mass is 10.2. The predicted octanol–water partition coefficient (Wildman–Crippen LogP) is 1.54. The van der Waals surface area contributed by atoms with E-state index in [4.69, 9.17) is 0 Å². The third-order valence-electron chi connectivity index (χ3n) is 3.57. The van der Waals surface area contributed by atoms with E-state index in [0.717, 1.165) is 18.7 Å². The third-order valence-corrected chi connectivity index (χ3v) is 4.72. The Morgan fingerprint density at radius 2 is 2.05 bits per heavy atom. The summed E-state index contributed by atoms with van der Waals surface area (Å²) in [5.74, 6) is 0.976. The van der Waals surface area contributed by atoms with Crippen LogP contribution in [-0.4, -0.2) is 48.8 Å². The summed E-state index contributed by atoms with van der Waals surface area (Å²) in [6, 6.07) is 8.05. The molecule has 1 aromatic rings. The predicted molar refractivity (Wildman–Crippen MR) is 79.1 cm³/mol. The van der Waals surface area contributed by atoms with Crippen molar-refractivity contribution >= 4 is 29.4 Å². The molecule has 2 aliphatic heterocycles. The van der Waals surface area contributed by atoms with Crippen LogP contribution in [0, 0.1) is 0 Å². The highest BCUT2D eigenvalue weighted by atomic mass is 32.2. The van der Waals surface area contributed by atoms with E-state index in [1.807, 2.05) is 23.9 Å². The number of para-hydroxylation sites is 1. The van der Waals surface area contributed by atoms with Gasteiger partial charge in [0.15, 0.2) is 0 Å². The minimum absolute atomic E-state index is 0.130. The topological polar surface area (TPSA) is 52.7 Å². The van der Waals surface area contributed by atoms with Gasteiger partial charge in [0, 0.05) is 24.5 Å². The molecular weight excluding hydrogens is 274 g/mol. The van der Waals surface area contributed by atoms with E-state index in [1.165, 1.54) is 15.5 Å². The van der Waals surface area contributed by atoms with Gasteiger partial charge in [-0.25, -0.2) is 4.79 Å². The molecule has 0 bridgehead atoms. The molecule has 1 N–H and O–H groups in total. The van der Waals surface area contributed by atoms with Crippen molar-refractivity contribution in [1.82, 2.24) is 10.2 Å². The number of thioether (sulfide) groups is 1. The maximum atomic E-state index is 11.6.